The van der Waals surface area contributed by atoms with Gasteiger partial charge in [0.1, 0.15) is 16.3 Å². The van der Waals surface area contributed by atoms with Crippen molar-refractivity contribution in [3.63, 3.8) is 0 Å². The fourth-order valence-electron chi connectivity index (χ4n) is 2.14. The van der Waals surface area contributed by atoms with Crippen molar-refractivity contribution in [1.82, 2.24) is 0 Å². The quantitative estimate of drug-likeness (QED) is 0.584. The van der Waals surface area contributed by atoms with Crippen LogP contribution in [0.1, 0.15) is 0 Å². The van der Waals surface area contributed by atoms with Crippen molar-refractivity contribution in [3.8, 4) is 5.75 Å². The molecule has 106 valence electrons. The lowest BCUT2D eigenvalue weighted by Gasteiger charge is -2.05. The highest BCUT2D eigenvalue weighted by atomic mass is 16.6. The number of furan rings is 1. The van der Waals surface area contributed by atoms with E-state index in [1.807, 2.05) is 0 Å². The Morgan fingerprint density at radius 3 is 2.76 bits per heavy atom. The third kappa shape index (κ3) is 2.36. The first-order chi connectivity index (χ1) is 10.0. The molecule has 3 aromatic rings. The molecule has 0 aliphatic carbocycles. The maximum Gasteiger partial charge on any atom is 0.434 e. The third-order valence-corrected chi connectivity index (χ3v) is 3.02. The Bertz CT molecular complexity index is 866. The van der Waals surface area contributed by atoms with E-state index < -0.39 is 17.5 Å². The van der Waals surface area contributed by atoms with Crippen molar-refractivity contribution < 1.29 is 24.0 Å². The molecule has 7 nitrogen and oxygen atoms in total. The Labute approximate surface area is 117 Å². The van der Waals surface area contributed by atoms with E-state index in [0.717, 1.165) is 10.8 Å². The standard InChI is InChI=1S/C14H9NO6/c16-14(17)7-20-9-2-3-10-8(5-9)1-4-12-11(10)6-13(21-12)15(18)19/h1-6H,7H2,(H,16,17). The minimum absolute atomic E-state index is 0.316. The number of nitro groups is 1. The van der Waals surface area contributed by atoms with Crippen LogP contribution in [-0.4, -0.2) is 22.6 Å². The van der Waals surface area contributed by atoms with Crippen LogP contribution < -0.4 is 4.74 Å². The zero-order valence-corrected chi connectivity index (χ0v) is 10.6. The highest BCUT2D eigenvalue weighted by Crippen LogP contribution is 2.32. The zero-order chi connectivity index (χ0) is 15.0. The minimum atomic E-state index is -1.06. The SMILES string of the molecule is O=C(O)COc1ccc2c(ccc3oc([N+](=O)[O-])cc32)c1. The van der Waals surface area contributed by atoms with Gasteiger partial charge < -0.3 is 14.3 Å². The molecule has 0 amide bonds. The van der Waals surface area contributed by atoms with Gasteiger partial charge in [-0.2, -0.15) is 0 Å². The molecule has 0 saturated carbocycles. The average Bonchev–Trinajstić information content (AvgIpc) is 2.89. The molecule has 0 saturated heterocycles. The summed E-state index contributed by atoms with van der Waals surface area (Å²) in [7, 11) is 0. The zero-order valence-electron chi connectivity index (χ0n) is 10.6. The number of carboxylic acids is 1. The second kappa shape index (κ2) is 4.78. The van der Waals surface area contributed by atoms with Crippen LogP contribution in [0.3, 0.4) is 0 Å². The van der Waals surface area contributed by atoms with E-state index in [4.69, 9.17) is 14.3 Å². The second-order valence-electron chi connectivity index (χ2n) is 4.38. The molecule has 1 N–H and O–H groups in total. The van der Waals surface area contributed by atoms with Gasteiger partial charge in [-0.25, -0.2) is 4.79 Å². The van der Waals surface area contributed by atoms with E-state index in [1.54, 1.807) is 30.3 Å². The minimum Gasteiger partial charge on any atom is -0.482 e. The van der Waals surface area contributed by atoms with Crippen LogP contribution in [0.25, 0.3) is 21.7 Å². The molecule has 0 aliphatic heterocycles. The van der Waals surface area contributed by atoms with E-state index in [1.165, 1.54) is 6.07 Å². The highest BCUT2D eigenvalue weighted by molar-refractivity contribution is 6.06. The van der Waals surface area contributed by atoms with Crippen molar-refractivity contribution in [2.24, 2.45) is 0 Å². The first-order valence-corrected chi connectivity index (χ1v) is 6.00. The average molecular weight is 287 g/mol. The van der Waals surface area contributed by atoms with Gasteiger partial charge in [-0.3, -0.25) is 10.1 Å². The van der Waals surface area contributed by atoms with Crippen molar-refractivity contribution in [2.75, 3.05) is 6.61 Å². The first kappa shape index (κ1) is 12.9. The number of aliphatic carboxylic acids is 1. The van der Waals surface area contributed by atoms with Crippen LogP contribution in [0.4, 0.5) is 5.88 Å². The summed E-state index contributed by atoms with van der Waals surface area (Å²) >= 11 is 0. The number of ether oxygens (including phenoxy) is 1. The Balaban J connectivity index is 2.09. The smallest absolute Gasteiger partial charge is 0.434 e. The summed E-state index contributed by atoms with van der Waals surface area (Å²) in [6.07, 6.45) is 0. The molecule has 1 heterocycles. The molecule has 2 aromatic carbocycles. The summed E-state index contributed by atoms with van der Waals surface area (Å²) in [6.45, 7) is -0.426. The van der Waals surface area contributed by atoms with E-state index in [0.29, 0.717) is 16.7 Å². The summed E-state index contributed by atoms with van der Waals surface area (Å²) in [5, 5.41) is 21.5. The molecule has 0 bridgehead atoms. The number of hydrogen-bond donors (Lipinski definition) is 1. The molecule has 0 spiro atoms. The summed E-state index contributed by atoms with van der Waals surface area (Å²) in [5.41, 5.74) is 0.424. The lowest BCUT2D eigenvalue weighted by atomic mass is 10.1. The van der Waals surface area contributed by atoms with E-state index in [9.17, 15) is 14.9 Å². The van der Waals surface area contributed by atoms with Crippen molar-refractivity contribution >= 4 is 33.6 Å². The Morgan fingerprint density at radius 1 is 1.24 bits per heavy atom. The molecule has 0 aliphatic rings. The topological polar surface area (TPSA) is 103 Å². The van der Waals surface area contributed by atoms with Gasteiger partial charge in [0, 0.05) is 5.39 Å². The number of benzene rings is 2. The molecule has 1 aromatic heterocycles. The Hall–Kier alpha value is -3.09. The molecule has 21 heavy (non-hydrogen) atoms. The maximum atomic E-state index is 10.7. The predicted octanol–water partition coefficient (Wildman–Crippen LogP) is 2.96. The van der Waals surface area contributed by atoms with Crippen LogP contribution in [-0.2, 0) is 4.79 Å². The lowest BCUT2D eigenvalue weighted by molar-refractivity contribution is -0.401. The molecule has 3 rings (SSSR count). The Kier molecular flexibility index (Phi) is 2.94. The lowest BCUT2D eigenvalue weighted by Crippen LogP contribution is -2.09. The highest BCUT2D eigenvalue weighted by Gasteiger charge is 2.15. The van der Waals surface area contributed by atoms with Gasteiger partial charge in [0.05, 0.1) is 6.07 Å². The van der Waals surface area contributed by atoms with Gasteiger partial charge in [-0.1, -0.05) is 6.07 Å². The van der Waals surface area contributed by atoms with Crippen molar-refractivity contribution in [3.05, 3.63) is 46.5 Å². The maximum absolute atomic E-state index is 10.7. The number of fused-ring (bicyclic) bond motifs is 3. The number of rotatable bonds is 4. The summed E-state index contributed by atoms with van der Waals surface area (Å²) in [5.74, 6) is -0.957. The van der Waals surface area contributed by atoms with Gasteiger partial charge in [0.15, 0.2) is 6.61 Å². The van der Waals surface area contributed by atoms with Gasteiger partial charge in [-0.05, 0) is 35.0 Å². The van der Waals surface area contributed by atoms with E-state index in [-0.39, 0.29) is 5.88 Å². The van der Waals surface area contributed by atoms with E-state index in [2.05, 4.69) is 0 Å². The second-order valence-corrected chi connectivity index (χ2v) is 4.38. The summed E-state index contributed by atoms with van der Waals surface area (Å²) < 4.78 is 10.2. The number of hydrogen-bond acceptors (Lipinski definition) is 5. The summed E-state index contributed by atoms with van der Waals surface area (Å²) in [4.78, 5) is 20.6. The van der Waals surface area contributed by atoms with Crippen LogP contribution in [0.15, 0.2) is 40.8 Å². The molecule has 0 atom stereocenters. The van der Waals surface area contributed by atoms with Gasteiger partial charge >= 0.3 is 11.9 Å². The van der Waals surface area contributed by atoms with Gasteiger partial charge in [0.2, 0.25) is 0 Å². The monoisotopic (exact) mass is 287 g/mol. The predicted molar refractivity (Wildman–Crippen MR) is 73.5 cm³/mol. The Morgan fingerprint density at radius 2 is 2.05 bits per heavy atom. The number of nitrogens with zero attached hydrogens (tertiary/aromatic N) is 1. The third-order valence-electron chi connectivity index (χ3n) is 3.02. The van der Waals surface area contributed by atoms with E-state index >= 15 is 0 Å². The van der Waals surface area contributed by atoms with Crippen molar-refractivity contribution in [1.29, 1.82) is 0 Å². The van der Waals surface area contributed by atoms with Crippen LogP contribution in [0, 0.1) is 10.1 Å². The van der Waals surface area contributed by atoms with Gasteiger partial charge in [-0.15, -0.1) is 0 Å². The largest absolute Gasteiger partial charge is 0.482 e. The van der Waals surface area contributed by atoms with Crippen LogP contribution in [0.5, 0.6) is 5.75 Å². The molecule has 0 fully saturated rings. The van der Waals surface area contributed by atoms with Crippen LogP contribution >= 0.6 is 0 Å². The molecule has 0 radical (unpaired) electrons. The van der Waals surface area contributed by atoms with Gasteiger partial charge in [0.25, 0.3) is 0 Å². The van der Waals surface area contributed by atoms with Crippen LogP contribution in [0.2, 0.25) is 0 Å². The fourth-order valence-corrected chi connectivity index (χ4v) is 2.14. The van der Waals surface area contributed by atoms with Crippen molar-refractivity contribution in [2.45, 2.75) is 0 Å². The number of carboxylic acid groups (broad SMARTS) is 1. The normalized spacial score (nSPS) is 10.9. The molecule has 7 heteroatoms. The summed E-state index contributed by atoms with van der Waals surface area (Å²) in [6, 6.07) is 9.74. The molecular weight excluding hydrogens is 278 g/mol. The molecule has 0 unspecified atom stereocenters. The molecular formula is C14H9NO6. The first-order valence-electron chi connectivity index (χ1n) is 6.00. The number of carbonyl (C=O) groups is 1. The fraction of sp³-hybridized carbons (Fsp3) is 0.0714.